The van der Waals surface area contributed by atoms with Gasteiger partial charge in [-0.15, -0.1) is 4.98 Å². The molecular formula is C20H21FN6O3. The number of methoxy groups -OCH3 is 2. The van der Waals surface area contributed by atoms with Crippen LogP contribution in [0.3, 0.4) is 0 Å². The van der Waals surface area contributed by atoms with Gasteiger partial charge >= 0.3 is 12.0 Å². The third-order valence-electron chi connectivity index (χ3n) is 4.65. The smallest absolute Gasteiger partial charge is 0.324 e. The molecular weight excluding hydrogens is 391 g/mol. The average Bonchev–Trinajstić information content (AvgIpc) is 3.24. The number of ether oxygens (including phenoxy) is 3. The molecule has 1 unspecified atom stereocenters. The predicted molar refractivity (Wildman–Crippen MR) is 105 cm³/mol. The third kappa shape index (κ3) is 4.07. The lowest BCUT2D eigenvalue weighted by molar-refractivity contribution is 0.339. The van der Waals surface area contributed by atoms with Crippen LogP contribution >= 0.6 is 0 Å². The second kappa shape index (κ2) is 8.44. The molecule has 10 heteroatoms. The molecule has 0 bridgehead atoms. The molecule has 156 valence electrons. The van der Waals surface area contributed by atoms with Crippen molar-refractivity contribution in [3.05, 3.63) is 47.7 Å². The molecule has 0 N–H and O–H groups in total. The van der Waals surface area contributed by atoms with E-state index < -0.39 is 5.82 Å². The minimum absolute atomic E-state index is 0.108. The van der Waals surface area contributed by atoms with E-state index in [1.54, 1.807) is 24.3 Å². The Morgan fingerprint density at radius 3 is 2.43 bits per heavy atom. The number of anilines is 1. The van der Waals surface area contributed by atoms with Crippen molar-refractivity contribution in [3.8, 4) is 23.7 Å². The number of benzene rings is 1. The second-order valence-corrected chi connectivity index (χ2v) is 6.70. The van der Waals surface area contributed by atoms with Crippen molar-refractivity contribution in [2.45, 2.75) is 25.8 Å². The fourth-order valence-electron chi connectivity index (χ4n) is 3.32. The Balaban J connectivity index is 1.66. The number of nitrogens with zero attached hydrogens (tertiary/aromatic N) is 6. The summed E-state index contributed by atoms with van der Waals surface area (Å²) in [7, 11) is 2.96. The average molecular weight is 412 g/mol. The molecule has 2 aromatic heterocycles. The molecule has 0 amide bonds. The van der Waals surface area contributed by atoms with Crippen LogP contribution in [0, 0.1) is 12.7 Å². The van der Waals surface area contributed by atoms with Crippen molar-refractivity contribution >= 4 is 5.95 Å². The number of halogens is 1. The molecule has 0 saturated carbocycles. The van der Waals surface area contributed by atoms with Gasteiger partial charge in [0.15, 0.2) is 17.4 Å². The van der Waals surface area contributed by atoms with Gasteiger partial charge in [0, 0.05) is 18.3 Å². The summed E-state index contributed by atoms with van der Waals surface area (Å²) in [6, 6.07) is 8.02. The summed E-state index contributed by atoms with van der Waals surface area (Å²) in [4.78, 5) is 23.8. The van der Waals surface area contributed by atoms with Gasteiger partial charge in [-0.05, 0) is 31.9 Å². The fourth-order valence-corrected chi connectivity index (χ4v) is 3.32. The van der Waals surface area contributed by atoms with Crippen molar-refractivity contribution < 1.29 is 18.6 Å². The first-order chi connectivity index (χ1) is 14.6. The van der Waals surface area contributed by atoms with Gasteiger partial charge in [-0.1, -0.05) is 12.1 Å². The first kappa shape index (κ1) is 19.7. The minimum atomic E-state index is -0.456. The summed E-state index contributed by atoms with van der Waals surface area (Å²) in [5.41, 5.74) is 0.712. The maximum atomic E-state index is 14.0. The minimum Gasteiger partial charge on any atom is -0.467 e. The second-order valence-electron chi connectivity index (χ2n) is 6.70. The molecule has 1 saturated heterocycles. The lowest BCUT2D eigenvalue weighted by Crippen LogP contribution is -2.27. The largest absolute Gasteiger partial charge is 0.467 e. The van der Waals surface area contributed by atoms with Crippen LogP contribution in [0.15, 0.2) is 30.3 Å². The highest BCUT2D eigenvalue weighted by Gasteiger charge is 2.32. The maximum absolute atomic E-state index is 14.0. The van der Waals surface area contributed by atoms with Gasteiger partial charge in [-0.3, -0.25) is 0 Å². The standard InChI is InChI=1S/C20H21FN6O3/c1-12-11-16(30-15-9-5-4-7-13(15)21)23-17(22-12)14-8-6-10-27(14)18-24-19(28-2)26-20(25-18)29-3/h4-5,7,9,11,14H,6,8,10H2,1-3H3. The molecule has 30 heavy (non-hydrogen) atoms. The Morgan fingerprint density at radius 1 is 1.00 bits per heavy atom. The lowest BCUT2D eigenvalue weighted by atomic mass is 10.2. The van der Waals surface area contributed by atoms with Crippen molar-refractivity contribution in [2.75, 3.05) is 25.7 Å². The number of aromatic nitrogens is 5. The quantitative estimate of drug-likeness (QED) is 0.604. The molecule has 1 aliphatic rings. The van der Waals surface area contributed by atoms with Crippen LogP contribution in [0.1, 0.15) is 30.4 Å². The summed E-state index contributed by atoms with van der Waals surface area (Å²) in [5, 5.41) is 0. The van der Waals surface area contributed by atoms with Gasteiger partial charge in [0.2, 0.25) is 11.8 Å². The first-order valence-corrected chi connectivity index (χ1v) is 9.46. The van der Waals surface area contributed by atoms with Gasteiger partial charge in [0.1, 0.15) is 0 Å². The topological polar surface area (TPSA) is 95.4 Å². The lowest BCUT2D eigenvalue weighted by Gasteiger charge is -2.24. The molecule has 4 rings (SSSR count). The number of para-hydroxylation sites is 1. The summed E-state index contributed by atoms with van der Waals surface area (Å²) in [6.45, 7) is 2.55. The van der Waals surface area contributed by atoms with Crippen LogP contribution in [-0.4, -0.2) is 45.7 Å². The van der Waals surface area contributed by atoms with Crippen molar-refractivity contribution in [1.82, 2.24) is 24.9 Å². The molecule has 9 nitrogen and oxygen atoms in total. The van der Waals surface area contributed by atoms with E-state index in [-0.39, 0.29) is 29.7 Å². The van der Waals surface area contributed by atoms with Gasteiger partial charge in [0.25, 0.3) is 0 Å². The zero-order valence-electron chi connectivity index (χ0n) is 16.9. The highest BCUT2D eigenvalue weighted by atomic mass is 19.1. The van der Waals surface area contributed by atoms with E-state index >= 15 is 0 Å². The number of rotatable bonds is 6. The summed E-state index contributed by atoms with van der Waals surface area (Å²) in [6.07, 6.45) is 1.71. The van der Waals surface area contributed by atoms with Crippen molar-refractivity contribution in [1.29, 1.82) is 0 Å². The Kier molecular flexibility index (Phi) is 5.55. The van der Waals surface area contributed by atoms with Crippen LogP contribution in [0.4, 0.5) is 10.3 Å². The SMILES string of the molecule is COc1nc(OC)nc(N2CCCC2c2nc(C)cc(Oc3ccccc3F)n2)n1. The number of hydrogen-bond donors (Lipinski definition) is 0. The number of hydrogen-bond acceptors (Lipinski definition) is 9. The van der Waals surface area contributed by atoms with Gasteiger partial charge in [-0.25, -0.2) is 9.37 Å². The fraction of sp³-hybridized carbons (Fsp3) is 0.350. The molecule has 3 heterocycles. The van der Waals surface area contributed by atoms with Gasteiger partial charge in [0.05, 0.1) is 20.3 Å². The Hall–Kier alpha value is -3.56. The van der Waals surface area contributed by atoms with E-state index in [4.69, 9.17) is 14.2 Å². The van der Waals surface area contributed by atoms with Crippen LogP contribution in [0.5, 0.6) is 23.7 Å². The molecule has 1 aliphatic heterocycles. The van der Waals surface area contributed by atoms with Crippen LogP contribution in [0.25, 0.3) is 0 Å². The molecule has 1 aromatic carbocycles. The van der Waals surface area contributed by atoms with Crippen molar-refractivity contribution in [3.63, 3.8) is 0 Å². The predicted octanol–water partition coefficient (Wildman–Crippen LogP) is 3.26. The van der Waals surface area contributed by atoms with Crippen LogP contribution in [-0.2, 0) is 0 Å². The monoisotopic (exact) mass is 412 g/mol. The summed E-state index contributed by atoms with van der Waals surface area (Å²) >= 11 is 0. The van der Waals surface area contributed by atoms with E-state index in [1.807, 2.05) is 11.8 Å². The molecule has 1 atom stereocenters. The van der Waals surface area contributed by atoms with Crippen molar-refractivity contribution in [2.24, 2.45) is 0 Å². The molecule has 0 aliphatic carbocycles. The van der Waals surface area contributed by atoms with E-state index in [9.17, 15) is 4.39 Å². The van der Waals surface area contributed by atoms with E-state index in [0.717, 1.165) is 12.8 Å². The van der Waals surface area contributed by atoms with E-state index in [0.29, 0.717) is 24.0 Å². The van der Waals surface area contributed by atoms with E-state index in [1.165, 1.54) is 20.3 Å². The molecule has 3 aromatic rings. The molecule has 0 spiro atoms. The van der Waals surface area contributed by atoms with E-state index in [2.05, 4.69) is 24.9 Å². The summed E-state index contributed by atoms with van der Waals surface area (Å²) in [5.74, 6) is 0.902. The maximum Gasteiger partial charge on any atom is 0.324 e. The number of aryl methyl sites for hydroxylation is 1. The Morgan fingerprint density at radius 2 is 1.73 bits per heavy atom. The molecule has 0 radical (unpaired) electrons. The highest BCUT2D eigenvalue weighted by molar-refractivity contribution is 5.38. The zero-order valence-corrected chi connectivity index (χ0v) is 16.9. The Labute approximate surface area is 172 Å². The van der Waals surface area contributed by atoms with Crippen LogP contribution < -0.4 is 19.1 Å². The first-order valence-electron chi connectivity index (χ1n) is 9.46. The summed E-state index contributed by atoms with van der Waals surface area (Å²) < 4.78 is 30.0. The molecule has 1 fully saturated rings. The third-order valence-corrected chi connectivity index (χ3v) is 4.65. The van der Waals surface area contributed by atoms with Gasteiger partial charge in [-0.2, -0.15) is 15.0 Å². The highest BCUT2D eigenvalue weighted by Crippen LogP contribution is 2.35. The zero-order chi connectivity index (χ0) is 21.1. The Bertz CT molecular complexity index is 1030. The normalized spacial score (nSPS) is 15.9. The van der Waals surface area contributed by atoms with Gasteiger partial charge < -0.3 is 19.1 Å². The van der Waals surface area contributed by atoms with Crippen LogP contribution in [0.2, 0.25) is 0 Å².